The van der Waals surface area contributed by atoms with Gasteiger partial charge in [0.25, 0.3) is 0 Å². The molecule has 2 amide bonds. The van der Waals surface area contributed by atoms with Crippen LogP contribution in [0.1, 0.15) is 17.2 Å². The lowest BCUT2D eigenvalue weighted by Crippen LogP contribution is -2.52. The van der Waals surface area contributed by atoms with Gasteiger partial charge in [-0.3, -0.25) is 9.59 Å². The summed E-state index contributed by atoms with van der Waals surface area (Å²) in [6.45, 7) is 2.84. The molecule has 1 aliphatic heterocycles. The lowest BCUT2D eigenvalue weighted by Gasteiger charge is -2.33. The van der Waals surface area contributed by atoms with Gasteiger partial charge in [0.2, 0.25) is 11.8 Å². The zero-order valence-corrected chi connectivity index (χ0v) is 12.6. The Kier molecular flexibility index (Phi) is 6.14. The van der Waals surface area contributed by atoms with Gasteiger partial charge in [-0.05, 0) is 12.5 Å². The van der Waals surface area contributed by atoms with E-state index >= 15 is 0 Å². The fraction of sp³-hybridized carbons (Fsp3) is 0.429. The van der Waals surface area contributed by atoms with Crippen LogP contribution in [0.15, 0.2) is 24.3 Å². The van der Waals surface area contributed by atoms with E-state index in [0.29, 0.717) is 13.2 Å². The molecule has 0 saturated carbocycles. The summed E-state index contributed by atoms with van der Waals surface area (Å²) >= 11 is 0. The standard InChI is InChI=1S/C14H19N3O3.ClH/c1-9-2-4-10(5-3-9)12(15)14(19)17-6-7-20-11(8-17)13(16)18;/h2-5,11-12H,6-8,15H2,1H3,(H2,16,18);1H. The fourth-order valence-electron chi connectivity index (χ4n) is 2.13. The minimum Gasteiger partial charge on any atom is -0.367 e. The van der Waals surface area contributed by atoms with Crippen molar-refractivity contribution in [3.05, 3.63) is 35.4 Å². The van der Waals surface area contributed by atoms with Crippen molar-refractivity contribution in [3.8, 4) is 0 Å². The summed E-state index contributed by atoms with van der Waals surface area (Å²) < 4.78 is 5.21. The van der Waals surface area contributed by atoms with Gasteiger partial charge in [-0.25, -0.2) is 0 Å². The van der Waals surface area contributed by atoms with E-state index in [2.05, 4.69) is 0 Å². The predicted molar refractivity (Wildman–Crippen MR) is 80.9 cm³/mol. The Morgan fingerprint density at radius 1 is 1.33 bits per heavy atom. The minimum absolute atomic E-state index is 0. The maximum Gasteiger partial charge on any atom is 0.248 e. The highest BCUT2D eigenvalue weighted by Crippen LogP contribution is 2.16. The zero-order chi connectivity index (χ0) is 14.7. The third kappa shape index (κ3) is 4.17. The van der Waals surface area contributed by atoms with Crippen LogP contribution in [0.25, 0.3) is 0 Å². The summed E-state index contributed by atoms with van der Waals surface area (Å²) in [6, 6.07) is 6.76. The van der Waals surface area contributed by atoms with E-state index in [1.807, 2.05) is 31.2 Å². The molecule has 2 atom stereocenters. The number of carbonyl (C=O) groups excluding carboxylic acids is 2. The first kappa shape index (κ1) is 17.4. The van der Waals surface area contributed by atoms with Crippen molar-refractivity contribution in [2.45, 2.75) is 19.1 Å². The molecule has 0 bridgehead atoms. The van der Waals surface area contributed by atoms with Crippen molar-refractivity contribution in [1.82, 2.24) is 4.90 Å². The van der Waals surface area contributed by atoms with E-state index in [1.54, 1.807) is 0 Å². The van der Waals surface area contributed by atoms with Gasteiger partial charge in [0.05, 0.1) is 13.2 Å². The number of halogens is 1. The third-order valence-corrected chi connectivity index (χ3v) is 3.40. The number of nitrogens with two attached hydrogens (primary N) is 2. The maximum absolute atomic E-state index is 12.3. The molecule has 6 nitrogen and oxygen atoms in total. The van der Waals surface area contributed by atoms with Gasteiger partial charge >= 0.3 is 0 Å². The Bertz CT molecular complexity index is 507. The lowest BCUT2D eigenvalue weighted by atomic mass is 10.0. The summed E-state index contributed by atoms with van der Waals surface area (Å²) in [5, 5.41) is 0. The first-order valence-electron chi connectivity index (χ1n) is 6.51. The molecule has 1 aromatic rings. The molecule has 1 aliphatic rings. The van der Waals surface area contributed by atoms with Crippen LogP contribution in [0.5, 0.6) is 0 Å². The highest BCUT2D eigenvalue weighted by molar-refractivity contribution is 5.85. The number of nitrogens with zero attached hydrogens (tertiary/aromatic N) is 1. The average Bonchev–Trinajstić information content (AvgIpc) is 2.46. The van der Waals surface area contributed by atoms with Crippen LogP contribution in [0.3, 0.4) is 0 Å². The van der Waals surface area contributed by atoms with Gasteiger partial charge in [-0.1, -0.05) is 29.8 Å². The van der Waals surface area contributed by atoms with Gasteiger partial charge in [-0.2, -0.15) is 0 Å². The van der Waals surface area contributed by atoms with E-state index in [-0.39, 0.29) is 24.9 Å². The van der Waals surface area contributed by atoms with Crippen LogP contribution in [-0.2, 0) is 14.3 Å². The molecule has 1 aromatic carbocycles. The molecule has 1 fully saturated rings. The summed E-state index contributed by atoms with van der Waals surface area (Å²) in [5.74, 6) is -0.783. The number of amides is 2. The minimum atomic E-state index is -0.752. The molecular formula is C14H20ClN3O3. The van der Waals surface area contributed by atoms with E-state index in [4.69, 9.17) is 16.2 Å². The lowest BCUT2D eigenvalue weighted by molar-refractivity contribution is -0.146. The van der Waals surface area contributed by atoms with E-state index in [1.165, 1.54) is 4.90 Å². The SMILES string of the molecule is Cc1ccc(C(N)C(=O)N2CCOC(C(N)=O)C2)cc1.Cl. The van der Waals surface area contributed by atoms with Crippen LogP contribution in [-0.4, -0.2) is 42.5 Å². The zero-order valence-electron chi connectivity index (χ0n) is 11.8. The maximum atomic E-state index is 12.3. The van der Waals surface area contributed by atoms with E-state index < -0.39 is 18.1 Å². The number of carbonyl (C=O) groups is 2. The largest absolute Gasteiger partial charge is 0.367 e. The van der Waals surface area contributed by atoms with Gasteiger partial charge in [-0.15, -0.1) is 12.4 Å². The van der Waals surface area contributed by atoms with Crippen LogP contribution < -0.4 is 11.5 Å². The Morgan fingerprint density at radius 3 is 2.52 bits per heavy atom. The van der Waals surface area contributed by atoms with Crippen LogP contribution in [0, 0.1) is 6.92 Å². The van der Waals surface area contributed by atoms with Crippen LogP contribution >= 0.6 is 12.4 Å². The normalized spacial score (nSPS) is 19.5. The molecule has 4 N–H and O–H groups in total. The molecule has 7 heteroatoms. The van der Waals surface area contributed by atoms with Crippen molar-refractivity contribution in [1.29, 1.82) is 0 Å². The summed E-state index contributed by atoms with van der Waals surface area (Å²) in [4.78, 5) is 25.0. The molecular weight excluding hydrogens is 294 g/mol. The molecule has 0 spiro atoms. The molecule has 21 heavy (non-hydrogen) atoms. The molecule has 0 aliphatic carbocycles. The number of hydrogen-bond acceptors (Lipinski definition) is 4. The van der Waals surface area contributed by atoms with Crippen LogP contribution in [0.2, 0.25) is 0 Å². The van der Waals surface area contributed by atoms with Crippen molar-refractivity contribution in [2.75, 3.05) is 19.7 Å². The Hall–Kier alpha value is -1.63. The number of rotatable bonds is 3. The topological polar surface area (TPSA) is 98.7 Å². The van der Waals surface area contributed by atoms with Crippen LogP contribution in [0.4, 0.5) is 0 Å². The first-order chi connectivity index (χ1) is 9.49. The number of primary amides is 1. The molecule has 116 valence electrons. The monoisotopic (exact) mass is 313 g/mol. The van der Waals surface area contributed by atoms with E-state index in [9.17, 15) is 9.59 Å². The van der Waals surface area contributed by atoms with Crippen molar-refractivity contribution < 1.29 is 14.3 Å². The number of hydrogen-bond donors (Lipinski definition) is 2. The molecule has 1 saturated heterocycles. The van der Waals surface area contributed by atoms with Crippen molar-refractivity contribution in [3.63, 3.8) is 0 Å². The Balaban J connectivity index is 0.00000220. The second kappa shape index (κ2) is 7.40. The van der Waals surface area contributed by atoms with Gasteiger partial charge in [0.1, 0.15) is 6.04 Å². The molecule has 1 heterocycles. The van der Waals surface area contributed by atoms with Crippen molar-refractivity contribution in [2.24, 2.45) is 11.5 Å². The summed E-state index contributed by atoms with van der Waals surface area (Å²) in [7, 11) is 0. The Morgan fingerprint density at radius 2 is 1.95 bits per heavy atom. The smallest absolute Gasteiger partial charge is 0.248 e. The summed E-state index contributed by atoms with van der Waals surface area (Å²) in [5.41, 5.74) is 13.1. The third-order valence-electron chi connectivity index (χ3n) is 3.40. The number of aryl methyl sites for hydroxylation is 1. The van der Waals surface area contributed by atoms with Gasteiger partial charge < -0.3 is 21.1 Å². The predicted octanol–water partition coefficient (Wildman–Crippen LogP) is 0.129. The Labute approximate surface area is 129 Å². The highest BCUT2D eigenvalue weighted by Gasteiger charge is 2.30. The van der Waals surface area contributed by atoms with E-state index in [0.717, 1.165) is 11.1 Å². The second-order valence-corrected chi connectivity index (χ2v) is 4.93. The van der Waals surface area contributed by atoms with Crippen molar-refractivity contribution >= 4 is 24.2 Å². The number of ether oxygens (including phenoxy) is 1. The van der Waals surface area contributed by atoms with Gasteiger partial charge in [0.15, 0.2) is 6.10 Å². The molecule has 0 radical (unpaired) electrons. The number of morpholine rings is 1. The quantitative estimate of drug-likeness (QED) is 0.828. The number of benzene rings is 1. The molecule has 2 unspecified atom stereocenters. The molecule has 0 aromatic heterocycles. The average molecular weight is 314 g/mol. The summed E-state index contributed by atoms with van der Waals surface area (Å²) in [6.07, 6.45) is -0.752. The fourth-order valence-corrected chi connectivity index (χ4v) is 2.13. The van der Waals surface area contributed by atoms with Gasteiger partial charge in [0, 0.05) is 6.54 Å². The highest BCUT2D eigenvalue weighted by atomic mass is 35.5. The first-order valence-corrected chi connectivity index (χ1v) is 6.51. The second-order valence-electron chi connectivity index (χ2n) is 4.93. The molecule has 2 rings (SSSR count).